The van der Waals surface area contributed by atoms with E-state index in [9.17, 15) is 0 Å². The molecule has 0 aliphatic rings. The van der Waals surface area contributed by atoms with Crippen LogP contribution in [0.15, 0.2) is 4.99 Å². The van der Waals surface area contributed by atoms with Gasteiger partial charge in [-0.1, -0.05) is 0 Å². The zero-order chi connectivity index (χ0) is 13.6. The van der Waals surface area contributed by atoms with Crippen LogP contribution in [0.3, 0.4) is 0 Å². The molecule has 0 radical (unpaired) electrons. The zero-order valence-corrected chi connectivity index (χ0v) is 12.5. The molecule has 5 heteroatoms. The number of guanidine groups is 1. The second kappa shape index (κ2) is 12.6. The van der Waals surface area contributed by atoms with Crippen molar-refractivity contribution in [2.75, 3.05) is 54.0 Å². The van der Waals surface area contributed by atoms with E-state index >= 15 is 0 Å². The highest BCUT2D eigenvalue weighted by Crippen LogP contribution is 1.88. The van der Waals surface area contributed by atoms with Gasteiger partial charge in [-0.15, -0.1) is 0 Å². The molecular formula is C13H30N4O. The van der Waals surface area contributed by atoms with Gasteiger partial charge in [0.05, 0.1) is 0 Å². The molecule has 5 nitrogen and oxygen atoms in total. The van der Waals surface area contributed by atoms with Gasteiger partial charge < -0.3 is 20.3 Å². The summed E-state index contributed by atoms with van der Waals surface area (Å²) in [7, 11) is 5.98. The Bertz CT molecular complexity index is 207. The molecule has 0 saturated carbocycles. The normalized spacial score (nSPS) is 11.9. The lowest BCUT2D eigenvalue weighted by atomic mass is 10.3. The maximum Gasteiger partial charge on any atom is 0.190 e. The molecule has 0 aromatic heterocycles. The number of rotatable bonds is 10. The van der Waals surface area contributed by atoms with Crippen LogP contribution in [-0.4, -0.2) is 64.9 Å². The quantitative estimate of drug-likeness (QED) is 0.347. The lowest BCUT2D eigenvalue weighted by Crippen LogP contribution is -2.38. The summed E-state index contributed by atoms with van der Waals surface area (Å²) >= 11 is 0. The van der Waals surface area contributed by atoms with E-state index in [0.717, 1.165) is 58.1 Å². The maximum absolute atomic E-state index is 5.29. The van der Waals surface area contributed by atoms with Gasteiger partial charge in [-0.05, 0) is 46.8 Å². The second-order valence-corrected chi connectivity index (χ2v) is 4.49. The van der Waals surface area contributed by atoms with Crippen LogP contribution in [0.4, 0.5) is 0 Å². The number of nitrogens with one attached hydrogen (secondary N) is 2. The Morgan fingerprint density at radius 1 is 1.11 bits per heavy atom. The van der Waals surface area contributed by atoms with E-state index in [4.69, 9.17) is 4.74 Å². The minimum absolute atomic E-state index is 0.808. The van der Waals surface area contributed by atoms with Crippen molar-refractivity contribution in [3.8, 4) is 0 Å². The predicted octanol–water partition coefficient (Wildman–Crippen LogP) is 0.920. The third kappa shape index (κ3) is 11.7. The van der Waals surface area contributed by atoms with Crippen LogP contribution in [0.25, 0.3) is 0 Å². The second-order valence-electron chi connectivity index (χ2n) is 4.49. The summed E-state index contributed by atoms with van der Waals surface area (Å²) < 4.78 is 5.29. The minimum Gasteiger partial charge on any atom is -0.382 e. The highest BCUT2D eigenvalue weighted by Gasteiger charge is 1.97. The lowest BCUT2D eigenvalue weighted by Gasteiger charge is -2.13. The first-order chi connectivity index (χ1) is 8.70. The Kier molecular flexibility index (Phi) is 12.1. The highest BCUT2D eigenvalue weighted by atomic mass is 16.5. The summed E-state index contributed by atoms with van der Waals surface area (Å²) in [5, 5.41) is 6.61. The minimum atomic E-state index is 0.808. The largest absolute Gasteiger partial charge is 0.382 e. The van der Waals surface area contributed by atoms with Gasteiger partial charge in [-0.3, -0.25) is 4.99 Å². The highest BCUT2D eigenvalue weighted by molar-refractivity contribution is 5.79. The number of aliphatic imine (C=N–C) groups is 1. The molecule has 2 N–H and O–H groups in total. The zero-order valence-electron chi connectivity index (χ0n) is 12.5. The third-order valence-electron chi connectivity index (χ3n) is 2.51. The fourth-order valence-corrected chi connectivity index (χ4v) is 1.50. The van der Waals surface area contributed by atoms with Crippen LogP contribution in [0, 0.1) is 0 Å². The topological polar surface area (TPSA) is 48.9 Å². The average Bonchev–Trinajstić information content (AvgIpc) is 2.35. The molecule has 0 aliphatic heterocycles. The van der Waals surface area contributed by atoms with Crippen molar-refractivity contribution in [1.29, 1.82) is 0 Å². The van der Waals surface area contributed by atoms with Crippen molar-refractivity contribution in [1.82, 2.24) is 15.5 Å². The van der Waals surface area contributed by atoms with Crippen LogP contribution < -0.4 is 10.6 Å². The fraction of sp³-hybridized carbons (Fsp3) is 0.923. The van der Waals surface area contributed by atoms with E-state index in [-0.39, 0.29) is 0 Å². The lowest BCUT2D eigenvalue weighted by molar-refractivity contribution is 0.143. The van der Waals surface area contributed by atoms with E-state index < -0.39 is 0 Å². The molecule has 0 aromatic carbocycles. The number of ether oxygens (including phenoxy) is 1. The molecule has 0 fully saturated rings. The molecule has 0 spiro atoms. The number of hydrogen-bond donors (Lipinski definition) is 2. The summed E-state index contributed by atoms with van der Waals surface area (Å²) in [6.07, 6.45) is 3.33. The van der Waals surface area contributed by atoms with Crippen molar-refractivity contribution in [3.63, 3.8) is 0 Å². The smallest absolute Gasteiger partial charge is 0.190 e. The van der Waals surface area contributed by atoms with Gasteiger partial charge in [0, 0.05) is 33.4 Å². The Hall–Kier alpha value is -0.810. The van der Waals surface area contributed by atoms with E-state index in [1.165, 1.54) is 0 Å². The Morgan fingerprint density at radius 3 is 2.33 bits per heavy atom. The van der Waals surface area contributed by atoms with Gasteiger partial charge in [0.1, 0.15) is 0 Å². The van der Waals surface area contributed by atoms with Crippen molar-refractivity contribution >= 4 is 5.96 Å². The predicted molar refractivity (Wildman–Crippen MR) is 78.3 cm³/mol. The third-order valence-corrected chi connectivity index (χ3v) is 2.51. The molecule has 108 valence electrons. The van der Waals surface area contributed by atoms with Crippen molar-refractivity contribution in [2.45, 2.75) is 26.2 Å². The number of hydrogen-bond acceptors (Lipinski definition) is 3. The molecule has 0 rings (SSSR count). The molecule has 0 amide bonds. The summed E-state index contributed by atoms with van der Waals surface area (Å²) in [6, 6.07) is 0. The first-order valence-electron chi connectivity index (χ1n) is 6.87. The van der Waals surface area contributed by atoms with Gasteiger partial charge in [0.25, 0.3) is 0 Å². The molecule has 0 aliphatic carbocycles. The SMILES string of the molecule is CCOCCCCNC(=NC)NCCCN(C)C. The maximum atomic E-state index is 5.29. The van der Waals surface area contributed by atoms with Crippen molar-refractivity contribution < 1.29 is 4.74 Å². The molecule has 0 heterocycles. The van der Waals surface area contributed by atoms with Crippen molar-refractivity contribution in [2.24, 2.45) is 4.99 Å². The molecule has 0 atom stereocenters. The fourth-order valence-electron chi connectivity index (χ4n) is 1.50. The average molecular weight is 258 g/mol. The molecule has 18 heavy (non-hydrogen) atoms. The van der Waals surface area contributed by atoms with Gasteiger partial charge >= 0.3 is 0 Å². The monoisotopic (exact) mass is 258 g/mol. The molecule has 0 bridgehead atoms. The summed E-state index contributed by atoms with van der Waals surface area (Å²) in [4.78, 5) is 6.37. The van der Waals surface area contributed by atoms with Gasteiger partial charge in [0.15, 0.2) is 5.96 Å². The number of unbranched alkanes of at least 4 members (excludes halogenated alkanes) is 1. The first kappa shape index (κ1) is 17.2. The standard InChI is InChI=1S/C13H30N4O/c1-5-18-12-7-6-9-15-13(14-2)16-10-8-11-17(3)4/h5-12H2,1-4H3,(H2,14,15,16). The van der Waals surface area contributed by atoms with Crippen LogP contribution in [0.5, 0.6) is 0 Å². The Labute approximate surface area is 112 Å². The Morgan fingerprint density at radius 2 is 1.78 bits per heavy atom. The Balaban J connectivity index is 3.42. The van der Waals surface area contributed by atoms with E-state index in [1.54, 1.807) is 0 Å². The van der Waals surface area contributed by atoms with Gasteiger partial charge in [-0.2, -0.15) is 0 Å². The summed E-state index contributed by atoms with van der Waals surface area (Å²) in [6.45, 7) is 6.68. The molecule has 0 unspecified atom stereocenters. The molecular weight excluding hydrogens is 228 g/mol. The van der Waals surface area contributed by atoms with Crippen molar-refractivity contribution in [3.05, 3.63) is 0 Å². The summed E-state index contributed by atoms with van der Waals surface area (Å²) in [5.74, 6) is 0.894. The first-order valence-corrected chi connectivity index (χ1v) is 6.87. The molecule has 0 saturated heterocycles. The van der Waals surface area contributed by atoms with E-state index in [1.807, 2.05) is 14.0 Å². The van der Waals surface area contributed by atoms with Gasteiger partial charge in [-0.25, -0.2) is 0 Å². The van der Waals surface area contributed by atoms with Crippen LogP contribution in [-0.2, 0) is 4.74 Å². The van der Waals surface area contributed by atoms with Crippen LogP contribution in [0.2, 0.25) is 0 Å². The van der Waals surface area contributed by atoms with E-state index in [2.05, 4.69) is 34.6 Å². The van der Waals surface area contributed by atoms with Crippen LogP contribution >= 0.6 is 0 Å². The van der Waals surface area contributed by atoms with E-state index in [0.29, 0.717) is 0 Å². The molecule has 0 aromatic rings. The summed E-state index contributed by atoms with van der Waals surface area (Å²) in [5.41, 5.74) is 0. The van der Waals surface area contributed by atoms with Gasteiger partial charge in [0.2, 0.25) is 0 Å². The van der Waals surface area contributed by atoms with Crippen LogP contribution in [0.1, 0.15) is 26.2 Å². The number of nitrogens with zero attached hydrogens (tertiary/aromatic N) is 2.